The molecule has 0 unspecified atom stereocenters. The number of carboxylic acid groups (broad SMARTS) is 1. The molecule has 0 aliphatic rings. The van der Waals surface area contributed by atoms with Crippen molar-refractivity contribution in [3.8, 4) is 0 Å². The molecule has 17 heavy (non-hydrogen) atoms. The maximum atomic E-state index is 11.0. The molecule has 1 heterocycles. The summed E-state index contributed by atoms with van der Waals surface area (Å²) in [6.45, 7) is 3.37. The molecule has 4 heteroatoms. The third-order valence-electron chi connectivity index (χ3n) is 2.70. The second-order valence-electron chi connectivity index (χ2n) is 4.72. The Hall–Kier alpha value is -1.97. The van der Waals surface area contributed by atoms with Crippen LogP contribution in [0.25, 0.3) is 11.0 Å². The summed E-state index contributed by atoms with van der Waals surface area (Å²) in [5, 5.41) is 9.07. The van der Waals surface area contributed by atoms with Crippen molar-refractivity contribution >= 4 is 17.0 Å². The van der Waals surface area contributed by atoms with E-state index >= 15 is 0 Å². The predicted octanol–water partition coefficient (Wildman–Crippen LogP) is 2.28. The van der Waals surface area contributed by atoms with Crippen molar-refractivity contribution in [3.63, 3.8) is 0 Å². The van der Waals surface area contributed by atoms with Gasteiger partial charge in [0.1, 0.15) is 0 Å². The smallest absolute Gasteiger partial charge is 0.309 e. The van der Waals surface area contributed by atoms with E-state index in [0.29, 0.717) is 12.1 Å². The minimum absolute atomic E-state index is 0.375. The van der Waals surface area contributed by atoms with E-state index in [0.717, 1.165) is 11.0 Å². The number of aromatic nitrogens is 2. The van der Waals surface area contributed by atoms with Gasteiger partial charge in [0.25, 0.3) is 0 Å². The fourth-order valence-electron chi connectivity index (χ4n) is 1.61. The standard InChI is InChI=1S/C13H14N2O2/c1-13(2,12(16)17)7-9-8-14-10-5-3-4-6-11(10)15-9/h3-6,8H,7H2,1-2H3,(H,16,17). The van der Waals surface area contributed by atoms with Gasteiger partial charge in [-0.1, -0.05) is 12.1 Å². The molecule has 0 amide bonds. The Labute approximate surface area is 99.3 Å². The van der Waals surface area contributed by atoms with E-state index < -0.39 is 11.4 Å². The lowest BCUT2D eigenvalue weighted by molar-refractivity contribution is -0.146. The number of hydrogen-bond acceptors (Lipinski definition) is 3. The van der Waals surface area contributed by atoms with Gasteiger partial charge in [0, 0.05) is 12.6 Å². The topological polar surface area (TPSA) is 63.1 Å². The minimum atomic E-state index is -0.826. The maximum Gasteiger partial charge on any atom is 0.309 e. The third kappa shape index (κ3) is 2.41. The molecule has 88 valence electrons. The number of fused-ring (bicyclic) bond motifs is 1. The summed E-state index contributed by atoms with van der Waals surface area (Å²) < 4.78 is 0. The van der Waals surface area contributed by atoms with Gasteiger partial charge < -0.3 is 5.11 Å². The second kappa shape index (κ2) is 4.13. The van der Waals surface area contributed by atoms with Crippen LogP contribution >= 0.6 is 0 Å². The molecule has 1 aromatic heterocycles. The molecular formula is C13H14N2O2. The molecule has 0 radical (unpaired) electrons. The molecule has 4 nitrogen and oxygen atoms in total. The molecule has 2 aromatic rings. The highest BCUT2D eigenvalue weighted by atomic mass is 16.4. The fourth-order valence-corrected chi connectivity index (χ4v) is 1.61. The first kappa shape index (κ1) is 11.5. The number of aliphatic carboxylic acids is 1. The Morgan fingerprint density at radius 3 is 2.59 bits per heavy atom. The normalized spacial score (nSPS) is 11.6. The van der Waals surface area contributed by atoms with E-state index in [-0.39, 0.29) is 0 Å². The number of carboxylic acids is 1. The molecule has 0 atom stereocenters. The monoisotopic (exact) mass is 230 g/mol. The van der Waals surface area contributed by atoms with Gasteiger partial charge in [0.05, 0.1) is 22.1 Å². The molecule has 0 spiro atoms. The highest BCUT2D eigenvalue weighted by Gasteiger charge is 2.28. The van der Waals surface area contributed by atoms with E-state index in [1.807, 2.05) is 24.3 Å². The lowest BCUT2D eigenvalue weighted by atomic mass is 9.88. The highest BCUT2D eigenvalue weighted by Crippen LogP contribution is 2.21. The van der Waals surface area contributed by atoms with Gasteiger partial charge in [0.15, 0.2) is 0 Å². The number of hydrogen-bond donors (Lipinski definition) is 1. The van der Waals surface area contributed by atoms with Gasteiger partial charge in [-0.05, 0) is 26.0 Å². The summed E-state index contributed by atoms with van der Waals surface area (Å²) >= 11 is 0. The van der Waals surface area contributed by atoms with Gasteiger partial charge in [-0.3, -0.25) is 9.78 Å². The van der Waals surface area contributed by atoms with Crippen LogP contribution in [0.2, 0.25) is 0 Å². The molecule has 0 aliphatic carbocycles. The largest absolute Gasteiger partial charge is 0.481 e. The summed E-state index contributed by atoms with van der Waals surface area (Å²) in [7, 11) is 0. The van der Waals surface area contributed by atoms with Crippen LogP contribution in [-0.2, 0) is 11.2 Å². The van der Waals surface area contributed by atoms with Crippen LogP contribution < -0.4 is 0 Å². The van der Waals surface area contributed by atoms with Crippen molar-refractivity contribution in [2.75, 3.05) is 0 Å². The van der Waals surface area contributed by atoms with Crippen molar-refractivity contribution in [2.24, 2.45) is 5.41 Å². The Kier molecular flexibility index (Phi) is 2.79. The first-order chi connectivity index (χ1) is 7.99. The molecule has 0 saturated heterocycles. The van der Waals surface area contributed by atoms with Crippen molar-refractivity contribution in [1.29, 1.82) is 0 Å². The summed E-state index contributed by atoms with van der Waals surface area (Å²) in [6, 6.07) is 7.55. The van der Waals surface area contributed by atoms with Crippen molar-refractivity contribution in [3.05, 3.63) is 36.2 Å². The van der Waals surface area contributed by atoms with Crippen LogP contribution in [0.4, 0.5) is 0 Å². The number of benzene rings is 1. The van der Waals surface area contributed by atoms with Crippen LogP contribution in [0.5, 0.6) is 0 Å². The number of carbonyl (C=O) groups is 1. The van der Waals surface area contributed by atoms with Crippen LogP contribution in [0.15, 0.2) is 30.5 Å². The van der Waals surface area contributed by atoms with Gasteiger partial charge in [-0.15, -0.1) is 0 Å². The second-order valence-corrected chi connectivity index (χ2v) is 4.72. The summed E-state index contributed by atoms with van der Waals surface area (Å²) in [5.74, 6) is -0.826. The zero-order valence-corrected chi connectivity index (χ0v) is 9.84. The average molecular weight is 230 g/mol. The van der Waals surface area contributed by atoms with Crippen molar-refractivity contribution < 1.29 is 9.90 Å². The third-order valence-corrected chi connectivity index (χ3v) is 2.70. The van der Waals surface area contributed by atoms with Gasteiger partial charge in [-0.2, -0.15) is 0 Å². The lowest BCUT2D eigenvalue weighted by Crippen LogP contribution is -2.26. The Morgan fingerprint density at radius 1 is 1.29 bits per heavy atom. The zero-order chi connectivity index (χ0) is 12.5. The van der Waals surface area contributed by atoms with Crippen LogP contribution in [0.1, 0.15) is 19.5 Å². The SMILES string of the molecule is CC(C)(Cc1cnc2ccccc2n1)C(=O)O. The van der Waals surface area contributed by atoms with Crippen molar-refractivity contribution in [1.82, 2.24) is 9.97 Å². The first-order valence-electron chi connectivity index (χ1n) is 5.43. The fraction of sp³-hybridized carbons (Fsp3) is 0.308. The molecule has 2 rings (SSSR count). The number of nitrogens with zero attached hydrogens (tertiary/aromatic N) is 2. The average Bonchev–Trinajstić information content (AvgIpc) is 2.28. The molecule has 0 fully saturated rings. The van der Waals surface area contributed by atoms with Crippen molar-refractivity contribution in [2.45, 2.75) is 20.3 Å². The summed E-state index contributed by atoms with van der Waals surface area (Å²) in [5.41, 5.74) is 1.50. The Bertz CT molecular complexity index is 564. The summed E-state index contributed by atoms with van der Waals surface area (Å²) in [4.78, 5) is 19.7. The van der Waals surface area contributed by atoms with Gasteiger partial charge in [0.2, 0.25) is 0 Å². The van der Waals surface area contributed by atoms with Crippen LogP contribution in [0.3, 0.4) is 0 Å². The van der Waals surface area contributed by atoms with E-state index in [1.165, 1.54) is 0 Å². The number of para-hydroxylation sites is 2. The molecule has 1 N–H and O–H groups in total. The van der Waals surface area contributed by atoms with Gasteiger partial charge in [-0.25, -0.2) is 4.98 Å². The van der Waals surface area contributed by atoms with Crippen LogP contribution in [0, 0.1) is 5.41 Å². The summed E-state index contributed by atoms with van der Waals surface area (Å²) in [6.07, 6.45) is 2.02. The predicted molar refractivity (Wildman–Crippen MR) is 64.7 cm³/mol. The quantitative estimate of drug-likeness (QED) is 0.878. The number of rotatable bonds is 3. The zero-order valence-electron chi connectivity index (χ0n) is 9.84. The molecule has 0 bridgehead atoms. The molecular weight excluding hydrogens is 216 g/mol. The lowest BCUT2D eigenvalue weighted by Gasteiger charge is -2.18. The van der Waals surface area contributed by atoms with Crippen LogP contribution in [-0.4, -0.2) is 21.0 Å². The first-order valence-corrected chi connectivity index (χ1v) is 5.43. The highest BCUT2D eigenvalue weighted by molar-refractivity contribution is 5.75. The molecule has 0 aliphatic heterocycles. The Balaban J connectivity index is 2.34. The van der Waals surface area contributed by atoms with E-state index in [1.54, 1.807) is 20.0 Å². The molecule has 0 saturated carbocycles. The van der Waals surface area contributed by atoms with E-state index in [4.69, 9.17) is 5.11 Å². The molecule has 1 aromatic carbocycles. The maximum absolute atomic E-state index is 11.0. The van der Waals surface area contributed by atoms with E-state index in [9.17, 15) is 4.79 Å². The minimum Gasteiger partial charge on any atom is -0.481 e. The Morgan fingerprint density at radius 2 is 1.94 bits per heavy atom. The van der Waals surface area contributed by atoms with Gasteiger partial charge >= 0.3 is 5.97 Å². The van der Waals surface area contributed by atoms with E-state index in [2.05, 4.69) is 9.97 Å².